The SMILES string of the molecule is O=C(CC1CCOCC1)NCCO. The van der Waals surface area contributed by atoms with Crippen LogP contribution in [0.2, 0.25) is 0 Å². The van der Waals surface area contributed by atoms with Gasteiger partial charge in [-0.3, -0.25) is 4.79 Å². The number of carbonyl (C=O) groups is 1. The smallest absolute Gasteiger partial charge is 0.220 e. The molecule has 0 aromatic carbocycles. The zero-order valence-corrected chi connectivity index (χ0v) is 7.79. The lowest BCUT2D eigenvalue weighted by atomic mass is 9.96. The molecule has 0 atom stereocenters. The highest BCUT2D eigenvalue weighted by Gasteiger charge is 2.16. The van der Waals surface area contributed by atoms with Crippen LogP contribution < -0.4 is 5.32 Å². The van der Waals surface area contributed by atoms with E-state index in [1.54, 1.807) is 0 Å². The molecular weight excluding hydrogens is 170 g/mol. The van der Waals surface area contributed by atoms with Crippen molar-refractivity contribution in [3.63, 3.8) is 0 Å². The van der Waals surface area contributed by atoms with Crippen molar-refractivity contribution in [1.82, 2.24) is 5.32 Å². The largest absolute Gasteiger partial charge is 0.395 e. The molecule has 4 nitrogen and oxygen atoms in total. The van der Waals surface area contributed by atoms with Gasteiger partial charge >= 0.3 is 0 Å². The maximum absolute atomic E-state index is 11.2. The lowest BCUT2D eigenvalue weighted by Gasteiger charge is -2.21. The van der Waals surface area contributed by atoms with Gasteiger partial charge in [0.05, 0.1) is 6.61 Å². The van der Waals surface area contributed by atoms with Crippen molar-refractivity contribution in [3.8, 4) is 0 Å². The van der Waals surface area contributed by atoms with E-state index in [1.165, 1.54) is 0 Å². The zero-order valence-electron chi connectivity index (χ0n) is 7.79. The molecule has 76 valence electrons. The summed E-state index contributed by atoms with van der Waals surface area (Å²) in [6, 6.07) is 0. The lowest BCUT2D eigenvalue weighted by molar-refractivity contribution is -0.122. The number of amides is 1. The molecule has 0 saturated carbocycles. The molecule has 0 radical (unpaired) electrons. The first-order valence-corrected chi connectivity index (χ1v) is 4.78. The lowest BCUT2D eigenvalue weighted by Crippen LogP contribution is -2.29. The van der Waals surface area contributed by atoms with Crippen molar-refractivity contribution < 1.29 is 14.6 Å². The summed E-state index contributed by atoms with van der Waals surface area (Å²) < 4.78 is 5.19. The zero-order chi connectivity index (χ0) is 9.52. The van der Waals surface area contributed by atoms with E-state index in [1.807, 2.05) is 0 Å². The van der Waals surface area contributed by atoms with Crippen LogP contribution in [-0.4, -0.2) is 37.4 Å². The van der Waals surface area contributed by atoms with Gasteiger partial charge in [0.2, 0.25) is 5.91 Å². The van der Waals surface area contributed by atoms with Gasteiger partial charge < -0.3 is 15.2 Å². The predicted octanol–water partition coefficient (Wildman–Crippen LogP) is -0.0884. The molecule has 0 unspecified atom stereocenters. The van der Waals surface area contributed by atoms with E-state index in [4.69, 9.17) is 9.84 Å². The Morgan fingerprint density at radius 3 is 2.77 bits per heavy atom. The molecular formula is C9H17NO3. The highest BCUT2D eigenvalue weighted by Crippen LogP contribution is 2.17. The number of ether oxygens (including phenoxy) is 1. The van der Waals surface area contributed by atoms with Crippen molar-refractivity contribution in [2.24, 2.45) is 5.92 Å². The minimum atomic E-state index is 0.0134. The van der Waals surface area contributed by atoms with Crippen molar-refractivity contribution in [2.45, 2.75) is 19.3 Å². The van der Waals surface area contributed by atoms with Gasteiger partial charge in [-0.2, -0.15) is 0 Å². The first-order chi connectivity index (χ1) is 6.33. The number of carbonyl (C=O) groups excluding carboxylic acids is 1. The number of hydrogen-bond donors (Lipinski definition) is 2. The second kappa shape index (κ2) is 5.94. The molecule has 13 heavy (non-hydrogen) atoms. The molecule has 0 bridgehead atoms. The van der Waals surface area contributed by atoms with Gasteiger partial charge in [0.25, 0.3) is 0 Å². The number of nitrogens with one attached hydrogen (secondary N) is 1. The van der Waals surface area contributed by atoms with Gasteiger partial charge in [-0.15, -0.1) is 0 Å². The van der Waals surface area contributed by atoms with Crippen LogP contribution in [0.4, 0.5) is 0 Å². The average Bonchev–Trinajstić information content (AvgIpc) is 2.16. The van der Waals surface area contributed by atoms with Crippen LogP contribution in [0.5, 0.6) is 0 Å². The van der Waals surface area contributed by atoms with E-state index in [9.17, 15) is 4.79 Å². The molecule has 1 fully saturated rings. The number of aliphatic hydroxyl groups is 1. The second-order valence-corrected chi connectivity index (χ2v) is 3.33. The Hall–Kier alpha value is -0.610. The third-order valence-electron chi connectivity index (χ3n) is 2.25. The van der Waals surface area contributed by atoms with Crippen LogP contribution >= 0.6 is 0 Å². The normalized spacial score (nSPS) is 18.5. The molecule has 1 aliphatic heterocycles. The Bertz CT molecular complexity index is 155. The van der Waals surface area contributed by atoms with Crippen LogP contribution in [0, 0.1) is 5.92 Å². The minimum Gasteiger partial charge on any atom is -0.395 e. The molecule has 0 aliphatic carbocycles. The summed E-state index contributed by atoms with van der Waals surface area (Å²) in [5, 5.41) is 11.1. The van der Waals surface area contributed by atoms with Crippen molar-refractivity contribution in [1.29, 1.82) is 0 Å². The summed E-state index contributed by atoms with van der Waals surface area (Å²) >= 11 is 0. The van der Waals surface area contributed by atoms with Gasteiger partial charge in [0.1, 0.15) is 0 Å². The first kappa shape index (κ1) is 10.5. The fourth-order valence-corrected chi connectivity index (χ4v) is 1.48. The number of hydrogen-bond acceptors (Lipinski definition) is 3. The molecule has 1 heterocycles. The Kier molecular flexibility index (Phi) is 4.78. The standard InChI is InChI=1S/C9H17NO3/c11-4-3-10-9(12)7-8-1-5-13-6-2-8/h8,11H,1-7H2,(H,10,12). The van der Waals surface area contributed by atoms with E-state index in [0.29, 0.717) is 18.9 Å². The fraction of sp³-hybridized carbons (Fsp3) is 0.889. The van der Waals surface area contributed by atoms with E-state index in [0.717, 1.165) is 26.1 Å². The summed E-state index contributed by atoms with van der Waals surface area (Å²) in [7, 11) is 0. The Morgan fingerprint density at radius 1 is 1.46 bits per heavy atom. The highest BCUT2D eigenvalue weighted by molar-refractivity contribution is 5.76. The molecule has 1 rings (SSSR count). The molecule has 1 saturated heterocycles. The Morgan fingerprint density at radius 2 is 2.15 bits per heavy atom. The Balaban J connectivity index is 2.11. The third kappa shape index (κ3) is 4.24. The average molecular weight is 187 g/mol. The molecule has 0 spiro atoms. The monoisotopic (exact) mass is 187 g/mol. The van der Waals surface area contributed by atoms with Crippen molar-refractivity contribution in [3.05, 3.63) is 0 Å². The van der Waals surface area contributed by atoms with E-state index in [2.05, 4.69) is 5.32 Å². The van der Waals surface area contributed by atoms with Crippen LogP contribution in [0.15, 0.2) is 0 Å². The van der Waals surface area contributed by atoms with Gasteiger partial charge in [-0.25, -0.2) is 0 Å². The highest BCUT2D eigenvalue weighted by atomic mass is 16.5. The third-order valence-corrected chi connectivity index (χ3v) is 2.25. The topological polar surface area (TPSA) is 58.6 Å². The molecule has 0 aromatic rings. The van der Waals surface area contributed by atoms with Crippen molar-refractivity contribution in [2.75, 3.05) is 26.4 Å². The van der Waals surface area contributed by atoms with E-state index < -0.39 is 0 Å². The van der Waals surface area contributed by atoms with E-state index >= 15 is 0 Å². The van der Waals surface area contributed by atoms with Crippen LogP contribution in [0.25, 0.3) is 0 Å². The van der Waals surface area contributed by atoms with Gasteiger partial charge in [0.15, 0.2) is 0 Å². The summed E-state index contributed by atoms with van der Waals surface area (Å²) in [6.45, 7) is 1.93. The van der Waals surface area contributed by atoms with Crippen LogP contribution in [-0.2, 0) is 9.53 Å². The quantitative estimate of drug-likeness (QED) is 0.646. The van der Waals surface area contributed by atoms with Gasteiger partial charge in [-0.1, -0.05) is 0 Å². The molecule has 4 heteroatoms. The number of aliphatic hydroxyl groups excluding tert-OH is 1. The van der Waals surface area contributed by atoms with Crippen LogP contribution in [0.3, 0.4) is 0 Å². The molecule has 1 aliphatic rings. The molecule has 2 N–H and O–H groups in total. The summed E-state index contributed by atoms with van der Waals surface area (Å²) in [6.07, 6.45) is 2.53. The van der Waals surface area contributed by atoms with Gasteiger partial charge in [-0.05, 0) is 18.8 Å². The fourth-order valence-electron chi connectivity index (χ4n) is 1.48. The summed E-state index contributed by atoms with van der Waals surface area (Å²) in [4.78, 5) is 11.2. The van der Waals surface area contributed by atoms with Crippen LogP contribution in [0.1, 0.15) is 19.3 Å². The maximum atomic E-state index is 11.2. The minimum absolute atomic E-state index is 0.0134. The molecule has 1 amide bonds. The number of rotatable bonds is 4. The second-order valence-electron chi connectivity index (χ2n) is 3.33. The van der Waals surface area contributed by atoms with Gasteiger partial charge in [0, 0.05) is 26.2 Å². The predicted molar refractivity (Wildman–Crippen MR) is 48.3 cm³/mol. The maximum Gasteiger partial charge on any atom is 0.220 e. The first-order valence-electron chi connectivity index (χ1n) is 4.78. The Labute approximate surface area is 78.3 Å². The summed E-state index contributed by atoms with van der Waals surface area (Å²) in [5.41, 5.74) is 0. The molecule has 0 aromatic heterocycles. The summed E-state index contributed by atoms with van der Waals surface area (Å²) in [5.74, 6) is 0.508. The van der Waals surface area contributed by atoms with E-state index in [-0.39, 0.29) is 12.5 Å². The van der Waals surface area contributed by atoms with Crippen molar-refractivity contribution >= 4 is 5.91 Å².